The van der Waals surface area contributed by atoms with E-state index in [-0.39, 0.29) is 17.9 Å². The minimum Gasteiger partial charge on any atom is -0.350 e. The zero-order chi connectivity index (χ0) is 15.1. The Bertz CT molecular complexity index is 366. The number of hydrazine groups is 1. The number of urea groups is 1. The van der Waals surface area contributed by atoms with Gasteiger partial charge in [0, 0.05) is 0 Å². The maximum atomic E-state index is 12.0. The van der Waals surface area contributed by atoms with Crippen LogP contribution in [0.5, 0.6) is 0 Å². The van der Waals surface area contributed by atoms with Crippen LogP contribution in [0.15, 0.2) is 0 Å². The first-order chi connectivity index (χ1) is 9.40. The minimum atomic E-state index is -0.856. The van der Waals surface area contributed by atoms with Gasteiger partial charge in [0.15, 0.2) is 0 Å². The molecular weight excluding hydrogens is 262 g/mol. The number of rotatable bonds is 5. The van der Waals surface area contributed by atoms with Gasteiger partial charge in [0.25, 0.3) is 5.91 Å². The van der Waals surface area contributed by atoms with Crippen LogP contribution in [0, 0.1) is 5.92 Å². The summed E-state index contributed by atoms with van der Waals surface area (Å²) in [6.07, 6.45) is 2.19. The van der Waals surface area contributed by atoms with Gasteiger partial charge in [-0.05, 0) is 31.7 Å². The van der Waals surface area contributed by atoms with E-state index in [0.717, 1.165) is 19.4 Å². The molecule has 0 spiro atoms. The Morgan fingerprint density at radius 2 is 2.00 bits per heavy atom. The van der Waals surface area contributed by atoms with Crippen LogP contribution >= 0.6 is 0 Å². The molecule has 6 N–H and O–H groups in total. The van der Waals surface area contributed by atoms with Crippen molar-refractivity contribution in [2.75, 3.05) is 6.54 Å². The van der Waals surface area contributed by atoms with Crippen molar-refractivity contribution in [2.45, 2.75) is 45.2 Å². The highest BCUT2D eigenvalue weighted by atomic mass is 16.2. The molecule has 1 aliphatic heterocycles. The number of hydrogen-bond donors (Lipinski definition) is 5. The zero-order valence-corrected chi connectivity index (χ0v) is 11.9. The first kappa shape index (κ1) is 16.2. The third kappa shape index (κ3) is 5.43. The summed E-state index contributed by atoms with van der Waals surface area (Å²) in [5, 5.41) is 5.78. The second-order valence-electron chi connectivity index (χ2n) is 5.32. The summed E-state index contributed by atoms with van der Waals surface area (Å²) in [4.78, 5) is 34.5. The highest BCUT2D eigenvalue weighted by Gasteiger charge is 2.27. The molecule has 0 radical (unpaired) electrons. The van der Waals surface area contributed by atoms with E-state index in [1.54, 1.807) is 0 Å². The SMILES string of the molecule is CC(C)C[C@H](NC(=O)[C@@H]1CCCN1)C(=O)NNC(N)=O. The monoisotopic (exact) mass is 285 g/mol. The van der Waals surface area contributed by atoms with Gasteiger partial charge in [-0.2, -0.15) is 0 Å². The van der Waals surface area contributed by atoms with E-state index >= 15 is 0 Å². The fourth-order valence-electron chi connectivity index (χ4n) is 2.09. The van der Waals surface area contributed by atoms with Gasteiger partial charge in [-0.15, -0.1) is 0 Å². The van der Waals surface area contributed by atoms with Gasteiger partial charge in [-0.1, -0.05) is 13.8 Å². The second kappa shape index (κ2) is 7.68. The predicted octanol–water partition coefficient (Wildman–Crippen LogP) is -1.03. The quantitative estimate of drug-likeness (QED) is 0.414. The fourth-order valence-corrected chi connectivity index (χ4v) is 2.09. The van der Waals surface area contributed by atoms with Crippen LogP contribution in [-0.2, 0) is 9.59 Å². The van der Waals surface area contributed by atoms with E-state index in [0.29, 0.717) is 6.42 Å². The van der Waals surface area contributed by atoms with Crippen molar-refractivity contribution in [2.24, 2.45) is 11.7 Å². The lowest BCUT2D eigenvalue weighted by molar-refractivity contribution is -0.130. The van der Waals surface area contributed by atoms with Gasteiger partial charge in [0.1, 0.15) is 6.04 Å². The lowest BCUT2D eigenvalue weighted by Gasteiger charge is -2.21. The Hall–Kier alpha value is -1.83. The summed E-state index contributed by atoms with van der Waals surface area (Å²) in [6, 6.07) is -1.80. The Kier molecular flexibility index (Phi) is 6.23. The molecular formula is C12H23N5O3. The van der Waals surface area contributed by atoms with Crippen molar-refractivity contribution in [3.05, 3.63) is 0 Å². The lowest BCUT2D eigenvalue weighted by Crippen LogP contribution is -2.55. The molecule has 20 heavy (non-hydrogen) atoms. The molecule has 0 bridgehead atoms. The van der Waals surface area contributed by atoms with Gasteiger partial charge in [0.05, 0.1) is 6.04 Å². The zero-order valence-electron chi connectivity index (χ0n) is 11.9. The molecule has 1 aliphatic rings. The van der Waals surface area contributed by atoms with Crippen molar-refractivity contribution in [3.8, 4) is 0 Å². The predicted molar refractivity (Wildman–Crippen MR) is 73.3 cm³/mol. The molecule has 0 aromatic rings. The van der Waals surface area contributed by atoms with Crippen LogP contribution in [-0.4, -0.2) is 36.5 Å². The molecule has 0 unspecified atom stereocenters. The van der Waals surface area contributed by atoms with Crippen LogP contribution in [0.3, 0.4) is 0 Å². The van der Waals surface area contributed by atoms with E-state index in [4.69, 9.17) is 5.73 Å². The highest BCUT2D eigenvalue weighted by Crippen LogP contribution is 2.08. The average Bonchev–Trinajstić information content (AvgIpc) is 2.88. The van der Waals surface area contributed by atoms with Crippen LogP contribution < -0.4 is 27.2 Å². The van der Waals surface area contributed by atoms with Gasteiger partial charge in [0.2, 0.25) is 5.91 Å². The van der Waals surface area contributed by atoms with Crippen LogP contribution in [0.2, 0.25) is 0 Å². The number of amides is 4. The third-order valence-electron chi connectivity index (χ3n) is 3.03. The topological polar surface area (TPSA) is 125 Å². The molecule has 1 heterocycles. The van der Waals surface area contributed by atoms with E-state index in [2.05, 4.69) is 16.1 Å². The maximum absolute atomic E-state index is 12.0. The van der Waals surface area contributed by atoms with E-state index in [1.807, 2.05) is 19.3 Å². The summed E-state index contributed by atoms with van der Waals surface area (Å²) < 4.78 is 0. The fraction of sp³-hybridized carbons (Fsp3) is 0.750. The van der Waals surface area contributed by atoms with Crippen molar-refractivity contribution >= 4 is 17.8 Å². The van der Waals surface area contributed by atoms with Crippen molar-refractivity contribution in [1.82, 2.24) is 21.5 Å². The largest absolute Gasteiger partial charge is 0.350 e. The molecule has 0 aliphatic carbocycles. The number of hydrogen-bond acceptors (Lipinski definition) is 4. The van der Waals surface area contributed by atoms with Crippen LogP contribution in [0.25, 0.3) is 0 Å². The summed E-state index contributed by atoms with van der Waals surface area (Å²) in [7, 11) is 0. The van der Waals surface area contributed by atoms with E-state index in [9.17, 15) is 14.4 Å². The Balaban J connectivity index is 2.55. The molecule has 0 aromatic carbocycles. The van der Waals surface area contributed by atoms with Gasteiger partial charge >= 0.3 is 6.03 Å². The number of carbonyl (C=O) groups excluding carboxylic acids is 3. The Morgan fingerprint density at radius 1 is 1.30 bits per heavy atom. The summed E-state index contributed by atoms with van der Waals surface area (Å²) in [5.41, 5.74) is 9.08. The number of nitrogens with two attached hydrogens (primary N) is 1. The molecule has 8 heteroatoms. The Morgan fingerprint density at radius 3 is 2.50 bits per heavy atom. The summed E-state index contributed by atoms with van der Waals surface area (Å²) >= 11 is 0. The summed E-state index contributed by atoms with van der Waals surface area (Å²) in [6.45, 7) is 4.70. The molecule has 0 saturated carbocycles. The van der Waals surface area contributed by atoms with Crippen molar-refractivity contribution in [1.29, 1.82) is 0 Å². The highest BCUT2D eigenvalue weighted by molar-refractivity contribution is 5.90. The van der Waals surface area contributed by atoms with Gasteiger partial charge in [-0.3, -0.25) is 15.0 Å². The number of nitrogens with one attached hydrogen (secondary N) is 4. The smallest absolute Gasteiger partial charge is 0.330 e. The van der Waals surface area contributed by atoms with Gasteiger partial charge < -0.3 is 16.4 Å². The van der Waals surface area contributed by atoms with Crippen LogP contribution in [0.1, 0.15) is 33.1 Å². The molecule has 4 amide bonds. The second-order valence-corrected chi connectivity index (χ2v) is 5.32. The lowest BCUT2D eigenvalue weighted by atomic mass is 10.0. The molecule has 1 saturated heterocycles. The molecule has 1 fully saturated rings. The standard InChI is InChI=1S/C12H23N5O3/c1-7(2)6-9(11(19)16-17-12(13)20)15-10(18)8-4-3-5-14-8/h7-9,14H,3-6H2,1-2H3,(H,15,18)(H,16,19)(H3,13,17,20)/t8-,9-/m0/s1. The molecule has 0 aromatic heterocycles. The molecule has 1 rings (SSSR count). The maximum Gasteiger partial charge on any atom is 0.330 e. The molecule has 114 valence electrons. The van der Waals surface area contributed by atoms with Gasteiger partial charge in [-0.25, -0.2) is 10.2 Å². The average molecular weight is 285 g/mol. The van der Waals surface area contributed by atoms with E-state index < -0.39 is 18.0 Å². The molecule has 8 nitrogen and oxygen atoms in total. The summed E-state index contributed by atoms with van der Waals surface area (Å²) in [5.74, 6) is -0.456. The molecule has 2 atom stereocenters. The minimum absolute atomic E-state index is 0.192. The van der Waals surface area contributed by atoms with Crippen molar-refractivity contribution < 1.29 is 14.4 Å². The number of carbonyl (C=O) groups is 3. The Labute approximate surface area is 118 Å². The normalized spacial score (nSPS) is 19.4. The number of primary amides is 1. The van der Waals surface area contributed by atoms with E-state index in [1.165, 1.54) is 0 Å². The first-order valence-electron chi connectivity index (χ1n) is 6.79. The van der Waals surface area contributed by atoms with Crippen molar-refractivity contribution in [3.63, 3.8) is 0 Å². The third-order valence-corrected chi connectivity index (χ3v) is 3.03. The van der Waals surface area contributed by atoms with Crippen LogP contribution in [0.4, 0.5) is 4.79 Å². The first-order valence-corrected chi connectivity index (χ1v) is 6.79.